The van der Waals surface area contributed by atoms with Gasteiger partial charge >= 0.3 is 0 Å². The molecule has 0 fully saturated rings. The maximum absolute atomic E-state index is 11.9. The third-order valence-corrected chi connectivity index (χ3v) is 5.65. The van der Waals surface area contributed by atoms with Crippen LogP contribution in [0, 0.1) is 0 Å². The van der Waals surface area contributed by atoms with E-state index in [2.05, 4.69) is 10.0 Å². The summed E-state index contributed by atoms with van der Waals surface area (Å²) in [5, 5.41) is 4.39. The van der Waals surface area contributed by atoms with Crippen molar-refractivity contribution in [2.75, 3.05) is 18.5 Å². The Morgan fingerprint density at radius 3 is 2.78 bits per heavy atom. The van der Waals surface area contributed by atoms with Crippen molar-refractivity contribution in [1.29, 1.82) is 0 Å². The molecule has 6 nitrogen and oxygen atoms in total. The number of ether oxygens (including phenoxy) is 1. The zero-order valence-corrected chi connectivity index (χ0v) is 14.2. The second kappa shape index (κ2) is 8.09. The lowest BCUT2D eigenvalue weighted by atomic mass is 10.3. The van der Waals surface area contributed by atoms with Crippen molar-refractivity contribution in [3.63, 3.8) is 0 Å². The van der Waals surface area contributed by atoms with Crippen LogP contribution in [0.15, 0.2) is 46.0 Å². The first-order valence-electron chi connectivity index (χ1n) is 7.01. The predicted octanol–water partition coefficient (Wildman–Crippen LogP) is 2.45. The molecule has 0 radical (unpaired) electrons. The van der Waals surface area contributed by atoms with Gasteiger partial charge in [-0.2, -0.15) is 0 Å². The molecule has 0 bridgehead atoms. The molecule has 124 valence electrons. The molecular formula is C15H18N2O4S2. The number of sulfonamides is 1. The molecule has 23 heavy (non-hydrogen) atoms. The van der Waals surface area contributed by atoms with Gasteiger partial charge in [-0.15, -0.1) is 11.3 Å². The highest BCUT2D eigenvalue weighted by Gasteiger charge is 2.13. The number of hydrogen-bond donors (Lipinski definition) is 2. The van der Waals surface area contributed by atoms with Crippen LogP contribution in [0.3, 0.4) is 0 Å². The third-order valence-electron chi connectivity index (χ3n) is 2.80. The first-order chi connectivity index (χ1) is 11.0. The molecule has 1 aromatic carbocycles. The summed E-state index contributed by atoms with van der Waals surface area (Å²) < 4.78 is 32.2. The van der Waals surface area contributed by atoms with Crippen molar-refractivity contribution in [3.8, 4) is 5.75 Å². The first-order valence-corrected chi connectivity index (χ1v) is 9.37. The standard InChI is InChI=1S/C15H18N2O4S2/c1-12(18)17-13-5-2-6-14(11-13)21-9-4-8-16-23(19,20)15-7-3-10-22-15/h2-3,5-7,10-11,16H,4,8-9H2,1H3,(H,17,18). The number of amides is 1. The molecule has 1 heterocycles. The van der Waals surface area contributed by atoms with Gasteiger partial charge in [-0.1, -0.05) is 12.1 Å². The average Bonchev–Trinajstić information content (AvgIpc) is 3.01. The van der Waals surface area contributed by atoms with E-state index in [1.54, 1.807) is 41.8 Å². The van der Waals surface area contributed by atoms with Gasteiger partial charge in [0.15, 0.2) is 0 Å². The molecule has 0 saturated carbocycles. The molecule has 1 aromatic heterocycles. The Balaban J connectivity index is 1.74. The van der Waals surface area contributed by atoms with Gasteiger partial charge in [0.25, 0.3) is 0 Å². The van der Waals surface area contributed by atoms with E-state index in [1.165, 1.54) is 18.3 Å². The van der Waals surface area contributed by atoms with Gasteiger partial charge in [0, 0.05) is 25.2 Å². The molecule has 0 spiro atoms. The van der Waals surface area contributed by atoms with Crippen molar-refractivity contribution in [1.82, 2.24) is 4.72 Å². The zero-order valence-electron chi connectivity index (χ0n) is 12.6. The van der Waals surface area contributed by atoms with Gasteiger partial charge in [-0.3, -0.25) is 4.79 Å². The number of rotatable bonds is 8. The Morgan fingerprint density at radius 1 is 1.26 bits per heavy atom. The summed E-state index contributed by atoms with van der Waals surface area (Å²) in [6, 6.07) is 10.3. The predicted molar refractivity (Wildman–Crippen MR) is 90.4 cm³/mol. The maximum Gasteiger partial charge on any atom is 0.250 e. The smallest absolute Gasteiger partial charge is 0.250 e. The van der Waals surface area contributed by atoms with E-state index >= 15 is 0 Å². The quantitative estimate of drug-likeness (QED) is 0.713. The van der Waals surface area contributed by atoms with Gasteiger partial charge in [-0.25, -0.2) is 13.1 Å². The topological polar surface area (TPSA) is 84.5 Å². The molecule has 0 atom stereocenters. The number of anilines is 1. The minimum atomic E-state index is -3.42. The number of carbonyl (C=O) groups is 1. The molecule has 0 saturated heterocycles. The summed E-state index contributed by atoms with van der Waals surface area (Å²) in [4.78, 5) is 11.0. The van der Waals surface area contributed by atoms with E-state index in [4.69, 9.17) is 4.74 Å². The summed E-state index contributed by atoms with van der Waals surface area (Å²) in [7, 11) is -3.42. The van der Waals surface area contributed by atoms with Gasteiger partial charge in [0.05, 0.1) is 6.61 Å². The van der Waals surface area contributed by atoms with Crippen molar-refractivity contribution in [3.05, 3.63) is 41.8 Å². The van der Waals surface area contributed by atoms with Crippen LogP contribution < -0.4 is 14.8 Å². The number of nitrogens with one attached hydrogen (secondary N) is 2. The lowest BCUT2D eigenvalue weighted by molar-refractivity contribution is -0.114. The summed E-state index contributed by atoms with van der Waals surface area (Å²) in [5.41, 5.74) is 0.661. The lowest BCUT2D eigenvalue weighted by Crippen LogP contribution is -2.25. The molecule has 2 N–H and O–H groups in total. The third kappa shape index (κ3) is 5.66. The van der Waals surface area contributed by atoms with Crippen molar-refractivity contribution in [2.45, 2.75) is 17.6 Å². The van der Waals surface area contributed by atoms with Gasteiger partial charge in [0.2, 0.25) is 15.9 Å². The SMILES string of the molecule is CC(=O)Nc1cccc(OCCCNS(=O)(=O)c2cccs2)c1. The number of benzene rings is 1. The fraction of sp³-hybridized carbons (Fsp3) is 0.267. The van der Waals surface area contributed by atoms with E-state index in [0.717, 1.165) is 0 Å². The van der Waals surface area contributed by atoms with Crippen LogP contribution in [0.1, 0.15) is 13.3 Å². The second-order valence-electron chi connectivity index (χ2n) is 4.74. The van der Waals surface area contributed by atoms with Crippen LogP contribution in [-0.2, 0) is 14.8 Å². The van der Waals surface area contributed by atoms with Crippen molar-refractivity contribution in [2.24, 2.45) is 0 Å². The number of thiophene rings is 1. The van der Waals surface area contributed by atoms with Crippen LogP contribution in [0.2, 0.25) is 0 Å². The minimum absolute atomic E-state index is 0.148. The van der Waals surface area contributed by atoms with E-state index in [9.17, 15) is 13.2 Å². The van der Waals surface area contributed by atoms with E-state index in [-0.39, 0.29) is 5.91 Å². The Bertz CT molecular complexity index is 743. The Labute approximate surface area is 139 Å². The van der Waals surface area contributed by atoms with Crippen LogP contribution in [-0.4, -0.2) is 27.5 Å². The summed E-state index contributed by atoms with van der Waals surface area (Å²) in [6.45, 7) is 2.11. The highest BCUT2D eigenvalue weighted by Crippen LogP contribution is 2.18. The highest BCUT2D eigenvalue weighted by molar-refractivity contribution is 7.91. The molecule has 0 aliphatic carbocycles. The first kappa shape index (κ1) is 17.5. The van der Waals surface area contributed by atoms with Crippen LogP contribution in [0.4, 0.5) is 5.69 Å². The Morgan fingerprint density at radius 2 is 2.09 bits per heavy atom. The molecule has 1 amide bonds. The normalized spacial score (nSPS) is 11.2. The fourth-order valence-corrected chi connectivity index (χ4v) is 3.93. The van der Waals surface area contributed by atoms with Crippen LogP contribution in [0.5, 0.6) is 5.75 Å². The van der Waals surface area contributed by atoms with Crippen molar-refractivity contribution >= 4 is 33.0 Å². The second-order valence-corrected chi connectivity index (χ2v) is 7.68. The average molecular weight is 354 g/mol. The molecule has 0 unspecified atom stereocenters. The molecule has 2 rings (SSSR count). The summed E-state index contributed by atoms with van der Waals surface area (Å²) in [6.07, 6.45) is 0.537. The van der Waals surface area contributed by atoms with E-state index in [0.29, 0.717) is 35.2 Å². The van der Waals surface area contributed by atoms with Gasteiger partial charge in [-0.05, 0) is 30.0 Å². The van der Waals surface area contributed by atoms with Crippen LogP contribution >= 0.6 is 11.3 Å². The Hall–Kier alpha value is -1.90. The molecular weight excluding hydrogens is 336 g/mol. The van der Waals surface area contributed by atoms with Crippen LogP contribution in [0.25, 0.3) is 0 Å². The molecule has 0 aliphatic heterocycles. The van der Waals surface area contributed by atoms with Gasteiger partial charge < -0.3 is 10.1 Å². The van der Waals surface area contributed by atoms with E-state index in [1.807, 2.05) is 0 Å². The molecule has 2 aromatic rings. The molecule has 0 aliphatic rings. The lowest BCUT2D eigenvalue weighted by Gasteiger charge is -2.09. The summed E-state index contributed by atoms with van der Waals surface area (Å²) in [5.74, 6) is 0.475. The largest absolute Gasteiger partial charge is 0.493 e. The zero-order chi connectivity index (χ0) is 16.7. The molecule has 8 heteroatoms. The highest BCUT2D eigenvalue weighted by atomic mass is 32.2. The van der Waals surface area contributed by atoms with Crippen molar-refractivity contribution < 1.29 is 17.9 Å². The maximum atomic E-state index is 11.9. The number of hydrogen-bond acceptors (Lipinski definition) is 5. The minimum Gasteiger partial charge on any atom is -0.493 e. The number of carbonyl (C=O) groups excluding carboxylic acids is 1. The monoisotopic (exact) mass is 354 g/mol. The van der Waals surface area contributed by atoms with Gasteiger partial charge in [0.1, 0.15) is 9.96 Å². The Kier molecular flexibility index (Phi) is 6.14. The fourth-order valence-electron chi connectivity index (χ4n) is 1.82. The summed E-state index contributed by atoms with van der Waals surface area (Å²) >= 11 is 1.18. The van der Waals surface area contributed by atoms with E-state index < -0.39 is 10.0 Å².